The van der Waals surface area contributed by atoms with E-state index >= 15 is 0 Å². The van der Waals surface area contributed by atoms with E-state index < -0.39 is 5.82 Å². The van der Waals surface area contributed by atoms with Crippen LogP contribution in [0.5, 0.6) is 0 Å². The van der Waals surface area contributed by atoms with E-state index in [4.69, 9.17) is 11.6 Å². The number of hydrogen-bond acceptors (Lipinski definition) is 3. The average molecular weight is 417 g/mol. The Bertz CT molecular complexity index is 1020. The first-order valence-corrected chi connectivity index (χ1v) is 9.69. The van der Waals surface area contributed by atoms with Crippen molar-refractivity contribution < 1.29 is 13.6 Å². The Hall–Kier alpha value is -2.93. The van der Waals surface area contributed by atoms with Gasteiger partial charge < -0.3 is 10.2 Å². The molecule has 4 rings (SSSR count). The van der Waals surface area contributed by atoms with E-state index in [1.807, 2.05) is 6.07 Å². The molecule has 1 aromatic heterocycles. The molecule has 2 aromatic carbocycles. The fourth-order valence-corrected chi connectivity index (χ4v) is 3.64. The molecule has 0 unspecified atom stereocenters. The van der Waals surface area contributed by atoms with Gasteiger partial charge in [0.2, 0.25) is 0 Å². The van der Waals surface area contributed by atoms with Crippen molar-refractivity contribution in [1.29, 1.82) is 0 Å². The van der Waals surface area contributed by atoms with E-state index in [9.17, 15) is 13.6 Å². The lowest BCUT2D eigenvalue weighted by molar-refractivity contribution is 0.0933. The molecule has 5 nitrogen and oxygen atoms in total. The van der Waals surface area contributed by atoms with Crippen LogP contribution >= 0.6 is 11.6 Å². The minimum absolute atomic E-state index is 0.0638. The van der Waals surface area contributed by atoms with Crippen LogP contribution in [0, 0.1) is 11.6 Å². The summed E-state index contributed by atoms with van der Waals surface area (Å²) in [6.07, 6.45) is 1.74. The van der Waals surface area contributed by atoms with Gasteiger partial charge in [-0.2, -0.15) is 5.10 Å². The van der Waals surface area contributed by atoms with Gasteiger partial charge in [0.05, 0.1) is 10.7 Å². The van der Waals surface area contributed by atoms with Crippen molar-refractivity contribution in [2.75, 3.05) is 18.0 Å². The topological polar surface area (TPSA) is 61.0 Å². The Morgan fingerprint density at radius 2 is 1.97 bits per heavy atom. The number of benzene rings is 2. The maximum Gasteiger partial charge on any atom is 0.251 e. The highest BCUT2D eigenvalue weighted by molar-refractivity contribution is 6.31. The van der Waals surface area contributed by atoms with Crippen LogP contribution in [0.2, 0.25) is 5.02 Å². The summed E-state index contributed by atoms with van der Waals surface area (Å²) in [7, 11) is 0. The van der Waals surface area contributed by atoms with E-state index in [2.05, 4.69) is 20.4 Å². The molecule has 2 N–H and O–H groups in total. The van der Waals surface area contributed by atoms with Gasteiger partial charge in [-0.1, -0.05) is 11.6 Å². The van der Waals surface area contributed by atoms with Crippen LogP contribution in [-0.2, 0) is 0 Å². The summed E-state index contributed by atoms with van der Waals surface area (Å²) in [5.74, 6) is -0.353. The van der Waals surface area contributed by atoms with E-state index in [-0.39, 0.29) is 22.8 Å². The molecule has 1 saturated heterocycles. The molecular weight excluding hydrogens is 398 g/mol. The minimum Gasteiger partial charge on any atom is -0.353 e. The van der Waals surface area contributed by atoms with Crippen LogP contribution < -0.4 is 10.2 Å². The van der Waals surface area contributed by atoms with E-state index in [0.29, 0.717) is 12.1 Å². The largest absolute Gasteiger partial charge is 0.353 e. The van der Waals surface area contributed by atoms with Gasteiger partial charge in [-0.05, 0) is 60.9 Å². The molecule has 8 heteroatoms. The summed E-state index contributed by atoms with van der Waals surface area (Å²) in [5, 5.41) is 10.3. The van der Waals surface area contributed by atoms with Gasteiger partial charge in [0, 0.05) is 30.8 Å². The number of nitrogens with one attached hydrogen (secondary N) is 2. The maximum absolute atomic E-state index is 13.3. The van der Waals surface area contributed by atoms with Gasteiger partial charge in [-0.25, -0.2) is 8.78 Å². The Labute approximate surface area is 171 Å². The third-order valence-electron chi connectivity index (χ3n) is 4.98. The summed E-state index contributed by atoms with van der Waals surface area (Å²) in [5.41, 5.74) is 1.97. The molecule has 1 amide bonds. The molecule has 0 saturated carbocycles. The summed E-state index contributed by atoms with van der Waals surface area (Å²) in [4.78, 5) is 14.6. The van der Waals surface area contributed by atoms with E-state index in [1.165, 1.54) is 30.3 Å². The van der Waals surface area contributed by atoms with Crippen molar-refractivity contribution in [3.63, 3.8) is 0 Å². The SMILES string of the molecule is O=C(N[C@@H]1CCCN(c2cc(-c3ccc(F)cc3)[nH]n2)C1)c1ccc(F)c(Cl)c1. The van der Waals surface area contributed by atoms with E-state index in [0.717, 1.165) is 36.5 Å². The number of aromatic amines is 1. The van der Waals surface area contributed by atoms with E-state index in [1.54, 1.807) is 12.1 Å². The van der Waals surface area contributed by atoms with Crippen molar-refractivity contribution >= 4 is 23.3 Å². The fourth-order valence-electron chi connectivity index (χ4n) is 3.46. The van der Waals surface area contributed by atoms with Crippen molar-refractivity contribution in [2.45, 2.75) is 18.9 Å². The van der Waals surface area contributed by atoms with Crippen LogP contribution in [-0.4, -0.2) is 35.2 Å². The van der Waals surface area contributed by atoms with Gasteiger partial charge in [0.25, 0.3) is 5.91 Å². The molecule has 0 aliphatic carbocycles. The molecule has 1 aliphatic rings. The predicted octanol–water partition coefficient (Wildman–Crippen LogP) is 4.41. The van der Waals surface area contributed by atoms with Gasteiger partial charge in [-0.3, -0.25) is 9.89 Å². The maximum atomic E-state index is 13.3. The zero-order valence-electron chi connectivity index (χ0n) is 15.5. The number of nitrogens with zero attached hydrogens (tertiary/aromatic N) is 2. The van der Waals surface area contributed by atoms with Gasteiger partial charge in [0.15, 0.2) is 5.82 Å². The average Bonchev–Trinajstić information content (AvgIpc) is 3.21. The van der Waals surface area contributed by atoms with Gasteiger partial charge >= 0.3 is 0 Å². The van der Waals surface area contributed by atoms with Gasteiger partial charge in [-0.15, -0.1) is 0 Å². The molecule has 3 aromatic rings. The third-order valence-corrected chi connectivity index (χ3v) is 5.27. The van der Waals surface area contributed by atoms with Crippen LogP contribution in [0.3, 0.4) is 0 Å². The Balaban J connectivity index is 1.42. The number of anilines is 1. The Morgan fingerprint density at radius 1 is 1.17 bits per heavy atom. The number of carbonyl (C=O) groups excluding carboxylic acids is 1. The molecule has 1 aliphatic heterocycles. The highest BCUT2D eigenvalue weighted by atomic mass is 35.5. The Morgan fingerprint density at radius 3 is 2.72 bits per heavy atom. The molecule has 2 heterocycles. The molecule has 29 heavy (non-hydrogen) atoms. The Kier molecular flexibility index (Phi) is 5.49. The number of carbonyl (C=O) groups is 1. The molecule has 0 spiro atoms. The second kappa shape index (κ2) is 8.21. The third kappa shape index (κ3) is 4.40. The molecular formula is C21H19ClF2N4O. The highest BCUT2D eigenvalue weighted by Crippen LogP contribution is 2.24. The fraction of sp³-hybridized carbons (Fsp3) is 0.238. The van der Waals surface area contributed by atoms with Crippen molar-refractivity contribution in [3.05, 3.63) is 70.8 Å². The first-order chi connectivity index (χ1) is 14.0. The summed E-state index contributed by atoms with van der Waals surface area (Å²) < 4.78 is 26.4. The van der Waals surface area contributed by atoms with Crippen molar-refractivity contribution in [3.8, 4) is 11.3 Å². The second-order valence-electron chi connectivity index (χ2n) is 7.03. The summed E-state index contributed by atoms with van der Waals surface area (Å²) in [6, 6.07) is 12.0. The molecule has 1 atom stereocenters. The first-order valence-electron chi connectivity index (χ1n) is 9.32. The van der Waals surface area contributed by atoms with Crippen LogP contribution in [0.15, 0.2) is 48.5 Å². The number of piperidine rings is 1. The molecule has 150 valence electrons. The standard InChI is InChI=1S/C21H19ClF2N4O/c22-17-10-14(5-8-18(17)24)21(29)25-16-2-1-9-28(12-16)20-11-19(26-27-20)13-3-6-15(23)7-4-13/h3-8,10-11,16H,1-2,9,12H2,(H,25,29)(H,26,27)/t16-/m1/s1. The number of rotatable bonds is 4. The zero-order chi connectivity index (χ0) is 20.4. The van der Waals surface area contributed by atoms with Crippen LogP contribution in [0.25, 0.3) is 11.3 Å². The van der Waals surface area contributed by atoms with Crippen LogP contribution in [0.4, 0.5) is 14.6 Å². The highest BCUT2D eigenvalue weighted by Gasteiger charge is 2.24. The van der Waals surface area contributed by atoms with Crippen molar-refractivity contribution in [1.82, 2.24) is 15.5 Å². The smallest absolute Gasteiger partial charge is 0.251 e. The first kappa shape index (κ1) is 19.4. The number of halogens is 3. The lowest BCUT2D eigenvalue weighted by Gasteiger charge is -2.33. The zero-order valence-corrected chi connectivity index (χ0v) is 16.2. The number of aromatic nitrogens is 2. The summed E-state index contributed by atoms with van der Waals surface area (Å²) in [6.45, 7) is 1.43. The normalized spacial score (nSPS) is 16.7. The predicted molar refractivity (Wildman–Crippen MR) is 108 cm³/mol. The van der Waals surface area contributed by atoms with Gasteiger partial charge in [0.1, 0.15) is 11.6 Å². The minimum atomic E-state index is -0.553. The lowest BCUT2D eigenvalue weighted by atomic mass is 10.0. The summed E-state index contributed by atoms with van der Waals surface area (Å²) >= 11 is 5.77. The molecule has 0 bridgehead atoms. The second-order valence-corrected chi connectivity index (χ2v) is 7.44. The number of H-pyrrole nitrogens is 1. The number of hydrogen-bond donors (Lipinski definition) is 2. The van der Waals surface area contributed by atoms with Crippen molar-refractivity contribution in [2.24, 2.45) is 0 Å². The lowest BCUT2D eigenvalue weighted by Crippen LogP contribution is -2.48. The molecule has 0 radical (unpaired) electrons. The molecule has 1 fully saturated rings. The van der Waals surface area contributed by atoms with Crippen LogP contribution in [0.1, 0.15) is 23.2 Å². The number of amides is 1. The monoisotopic (exact) mass is 416 g/mol. The quantitative estimate of drug-likeness (QED) is 0.662.